The minimum absolute atomic E-state index is 0.680. The Hall–Kier alpha value is -0.540. The van der Waals surface area contributed by atoms with Crippen LogP contribution in [0.1, 0.15) is 31.2 Å². The van der Waals surface area contributed by atoms with Gasteiger partial charge in [-0.3, -0.25) is 0 Å². The smallest absolute Gasteiger partial charge is 0.133 e. The topological polar surface area (TPSA) is 21.3 Å². The van der Waals surface area contributed by atoms with Gasteiger partial charge < -0.3 is 10.1 Å². The first kappa shape index (κ1) is 13.9. The molecule has 1 aliphatic rings. The zero-order valence-electron chi connectivity index (χ0n) is 11.2. The van der Waals surface area contributed by atoms with Gasteiger partial charge in [-0.2, -0.15) is 0 Å². The molecule has 2 unspecified atom stereocenters. The molecule has 1 N–H and O–H groups in total. The van der Waals surface area contributed by atoms with Crippen LogP contribution in [0, 0.1) is 5.92 Å². The van der Waals surface area contributed by atoms with Crippen molar-refractivity contribution < 1.29 is 4.74 Å². The average Bonchev–Trinajstić information content (AvgIpc) is 2.39. The van der Waals surface area contributed by atoms with E-state index in [1.165, 1.54) is 31.2 Å². The van der Waals surface area contributed by atoms with Crippen LogP contribution in [0.3, 0.4) is 0 Å². The van der Waals surface area contributed by atoms with Crippen LogP contribution in [-0.4, -0.2) is 20.2 Å². The molecule has 0 radical (unpaired) electrons. The molecule has 0 aromatic heterocycles. The highest BCUT2D eigenvalue weighted by atomic mass is 79.9. The highest BCUT2D eigenvalue weighted by Crippen LogP contribution is 2.30. The van der Waals surface area contributed by atoms with E-state index in [-0.39, 0.29) is 0 Å². The quantitative estimate of drug-likeness (QED) is 0.913. The fourth-order valence-electron chi connectivity index (χ4n) is 2.97. The molecule has 2 atom stereocenters. The molecule has 1 aromatic rings. The third-order valence-electron chi connectivity index (χ3n) is 3.99. The van der Waals surface area contributed by atoms with E-state index in [4.69, 9.17) is 4.74 Å². The molecule has 1 fully saturated rings. The maximum Gasteiger partial charge on any atom is 0.133 e. The summed E-state index contributed by atoms with van der Waals surface area (Å²) in [5.74, 6) is 1.68. The number of hydrogen-bond donors (Lipinski definition) is 1. The summed E-state index contributed by atoms with van der Waals surface area (Å²) in [6.45, 7) is 0. The Labute approximate surface area is 118 Å². The Bertz CT molecular complexity index is 394. The van der Waals surface area contributed by atoms with E-state index >= 15 is 0 Å². The number of halogens is 1. The van der Waals surface area contributed by atoms with Gasteiger partial charge in [-0.25, -0.2) is 0 Å². The van der Waals surface area contributed by atoms with E-state index in [1.807, 2.05) is 0 Å². The van der Waals surface area contributed by atoms with E-state index < -0.39 is 0 Å². The zero-order valence-corrected chi connectivity index (χ0v) is 12.8. The predicted octanol–water partition coefficient (Wildman–Crippen LogP) is 3.78. The minimum atomic E-state index is 0.680. The van der Waals surface area contributed by atoms with Crippen LogP contribution >= 0.6 is 15.9 Å². The summed E-state index contributed by atoms with van der Waals surface area (Å²) in [5.41, 5.74) is 1.40. The lowest BCUT2D eigenvalue weighted by molar-refractivity contribution is 0.272. The number of benzene rings is 1. The van der Waals surface area contributed by atoms with Gasteiger partial charge in [-0.15, -0.1) is 0 Å². The number of ether oxygens (including phenoxy) is 1. The van der Waals surface area contributed by atoms with Crippen molar-refractivity contribution in [1.82, 2.24) is 5.32 Å². The van der Waals surface area contributed by atoms with Gasteiger partial charge in [0.15, 0.2) is 0 Å². The maximum atomic E-state index is 5.27. The number of nitrogens with one attached hydrogen (secondary N) is 1. The predicted molar refractivity (Wildman–Crippen MR) is 79.2 cm³/mol. The molecule has 0 aliphatic heterocycles. The van der Waals surface area contributed by atoms with E-state index in [0.717, 1.165) is 22.6 Å². The summed E-state index contributed by atoms with van der Waals surface area (Å²) in [6, 6.07) is 7.11. The van der Waals surface area contributed by atoms with Crippen LogP contribution in [0.2, 0.25) is 0 Å². The normalized spacial score (nSPS) is 23.9. The van der Waals surface area contributed by atoms with Gasteiger partial charge in [0.1, 0.15) is 5.75 Å². The second kappa shape index (κ2) is 6.58. The SMILES string of the molecule is CNC1CCCCC1Cc1ccc(OC)c(Br)c1. The molecule has 0 heterocycles. The maximum absolute atomic E-state index is 5.27. The third kappa shape index (κ3) is 3.27. The fraction of sp³-hybridized carbons (Fsp3) is 0.600. The fourth-order valence-corrected chi connectivity index (χ4v) is 3.56. The van der Waals surface area contributed by atoms with Crippen molar-refractivity contribution in [2.45, 2.75) is 38.1 Å². The van der Waals surface area contributed by atoms with E-state index in [1.54, 1.807) is 7.11 Å². The Morgan fingerprint density at radius 1 is 1.33 bits per heavy atom. The van der Waals surface area contributed by atoms with Gasteiger partial charge in [0.2, 0.25) is 0 Å². The molecule has 0 bridgehead atoms. The molecule has 2 rings (SSSR count). The molecule has 1 aromatic carbocycles. The number of hydrogen-bond acceptors (Lipinski definition) is 2. The molecule has 1 aliphatic carbocycles. The summed E-state index contributed by atoms with van der Waals surface area (Å²) in [7, 11) is 3.80. The Morgan fingerprint density at radius 2 is 2.11 bits per heavy atom. The molecule has 100 valence electrons. The van der Waals surface area contributed by atoms with E-state index in [2.05, 4.69) is 46.5 Å². The standard InChI is InChI=1S/C15H22BrNO/c1-17-14-6-4-3-5-12(14)9-11-7-8-15(18-2)13(16)10-11/h7-8,10,12,14,17H,3-6,9H2,1-2H3. The molecule has 18 heavy (non-hydrogen) atoms. The summed E-state index contributed by atoms with van der Waals surface area (Å²) >= 11 is 3.56. The zero-order chi connectivity index (χ0) is 13.0. The lowest BCUT2D eigenvalue weighted by Gasteiger charge is -2.31. The second-order valence-electron chi connectivity index (χ2n) is 5.11. The molecule has 0 saturated heterocycles. The molecular formula is C15H22BrNO. The molecule has 0 spiro atoms. The van der Waals surface area contributed by atoms with Crippen molar-refractivity contribution in [3.05, 3.63) is 28.2 Å². The largest absolute Gasteiger partial charge is 0.496 e. The van der Waals surface area contributed by atoms with Gasteiger partial charge in [-0.1, -0.05) is 18.9 Å². The molecular weight excluding hydrogens is 290 g/mol. The Kier molecular flexibility index (Phi) is 5.07. The van der Waals surface area contributed by atoms with Crippen molar-refractivity contribution >= 4 is 15.9 Å². The highest BCUT2D eigenvalue weighted by Gasteiger charge is 2.23. The third-order valence-corrected chi connectivity index (χ3v) is 4.61. The van der Waals surface area contributed by atoms with Crippen molar-refractivity contribution in [3.63, 3.8) is 0 Å². The van der Waals surface area contributed by atoms with Crippen LogP contribution in [0.25, 0.3) is 0 Å². The lowest BCUT2D eigenvalue weighted by Crippen LogP contribution is -2.37. The second-order valence-corrected chi connectivity index (χ2v) is 5.97. The van der Waals surface area contributed by atoms with E-state index in [9.17, 15) is 0 Å². The Morgan fingerprint density at radius 3 is 2.78 bits per heavy atom. The first-order chi connectivity index (χ1) is 8.74. The van der Waals surface area contributed by atoms with Crippen molar-refractivity contribution in [2.24, 2.45) is 5.92 Å². The van der Waals surface area contributed by atoms with Gasteiger partial charge in [0.25, 0.3) is 0 Å². The summed E-state index contributed by atoms with van der Waals surface area (Å²) < 4.78 is 6.33. The Balaban J connectivity index is 2.05. The summed E-state index contributed by atoms with van der Waals surface area (Å²) in [5, 5.41) is 3.47. The van der Waals surface area contributed by atoms with Crippen LogP contribution < -0.4 is 10.1 Å². The van der Waals surface area contributed by atoms with Gasteiger partial charge in [0, 0.05) is 6.04 Å². The minimum Gasteiger partial charge on any atom is -0.496 e. The summed E-state index contributed by atoms with van der Waals surface area (Å²) in [6.07, 6.45) is 6.57. The van der Waals surface area contributed by atoms with Gasteiger partial charge in [0.05, 0.1) is 11.6 Å². The summed E-state index contributed by atoms with van der Waals surface area (Å²) in [4.78, 5) is 0. The molecule has 0 amide bonds. The van der Waals surface area contributed by atoms with Gasteiger partial charge >= 0.3 is 0 Å². The van der Waals surface area contributed by atoms with Crippen LogP contribution in [-0.2, 0) is 6.42 Å². The van der Waals surface area contributed by atoms with Crippen molar-refractivity contribution in [2.75, 3.05) is 14.2 Å². The van der Waals surface area contributed by atoms with Crippen molar-refractivity contribution in [1.29, 1.82) is 0 Å². The van der Waals surface area contributed by atoms with Crippen LogP contribution in [0.5, 0.6) is 5.75 Å². The molecule has 1 saturated carbocycles. The lowest BCUT2D eigenvalue weighted by atomic mass is 9.81. The highest BCUT2D eigenvalue weighted by molar-refractivity contribution is 9.10. The molecule has 3 heteroatoms. The monoisotopic (exact) mass is 311 g/mol. The van der Waals surface area contributed by atoms with Crippen LogP contribution in [0.4, 0.5) is 0 Å². The van der Waals surface area contributed by atoms with Crippen LogP contribution in [0.15, 0.2) is 22.7 Å². The van der Waals surface area contributed by atoms with E-state index in [0.29, 0.717) is 6.04 Å². The number of rotatable bonds is 4. The number of methoxy groups -OCH3 is 1. The molecule has 2 nitrogen and oxygen atoms in total. The average molecular weight is 312 g/mol. The first-order valence-electron chi connectivity index (χ1n) is 6.74. The first-order valence-corrected chi connectivity index (χ1v) is 7.53. The van der Waals surface area contributed by atoms with Gasteiger partial charge in [-0.05, 0) is 65.9 Å². The van der Waals surface area contributed by atoms with Crippen molar-refractivity contribution in [3.8, 4) is 5.75 Å².